The summed E-state index contributed by atoms with van der Waals surface area (Å²) in [6, 6.07) is 13.2. The highest BCUT2D eigenvalue weighted by Gasteiger charge is 2.22. The summed E-state index contributed by atoms with van der Waals surface area (Å²) in [5, 5.41) is 2.73. The van der Waals surface area contributed by atoms with Gasteiger partial charge in [0.15, 0.2) is 11.6 Å². The first-order valence-electron chi connectivity index (χ1n) is 8.99. The number of carbonyl (C=O) groups excluding carboxylic acids is 1. The number of halogens is 2. The van der Waals surface area contributed by atoms with Crippen molar-refractivity contribution in [3.8, 4) is 5.75 Å². The first-order chi connectivity index (χ1) is 13.6. The van der Waals surface area contributed by atoms with Gasteiger partial charge in [0, 0.05) is 13.1 Å². The molecule has 1 saturated heterocycles. The van der Waals surface area contributed by atoms with Gasteiger partial charge in [0.1, 0.15) is 5.75 Å². The molecule has 1 amide bonds. The van der Waals surface area contributed by atoms with Crippen LogP contribution in [-0.4, -0.2) is 35.6 Å². The van der Waals surface area contributed by atoms with Gasteiger partial charge in [-0.1, -0.05) is 24.3 Å². The average molecular weight is 384 g/mol. The predicted octanol–water partition coefficient (Wildman–Crippen LogP) is 4.08. The summed E-state index contributed by atoms with van der Waals surface area (Å²) in [4.78, 5) is 24.1. The molecular formula is C20H18F2N4O2. The van der Waals surface area contributed by atoms with E-state index in [9.17, 15) is 13.6 Å². The second kappa shape index (κ2) is 7.75. The molecule has 4 rings (SSSR count). The number of ether oxygens (including phenoxy) is 1. The van der Waals surface area contributed by atoms with Crippen molar-refractivity contribution >= 4 is 28.6 Å². The van der Waals surface area contributed by atoms with Gasteiger partial charge in [-0.15, -0.1) is 0 Å². The Hall–Kier alpha value is -3.29. The van der Waals surface area contributed by atoms with E-state index in [1.807, 2.05) is 18.2 Å². The number of hydrogen-bond acceptors (Lipinski definition) is 5. The van der Waals surface area contributed by atoms with Crippen LogP contribution in [0.1, 0.15) is 23.2 Å². The first-order valence-corrected chi connectivity index (χ1v) is 8.99. The van der Waals surface area contributed by atoms with Gasteiger partial charge in [0.25, 0.3) is 5.91 Å². The van der Waals surface area contributed by atoms with Gasteiger partial charge < -0.3 is 15.0 Å². The molecule has 0 atom stereocenters. The van der Waals surface area contributed by atoms with E-state index in [2.05, 4.69) is 24.9 Å². The van der Waals surface area contributed by atoms with Crippen molar-refractivity contribution < 1.29 is 18.3 Å². The number of anilines is 2. The number of nitrogens with zero attached hydrogens (tertiary/aromatic N) is 3. The van der Waals surface area contributed by atoms with E-state index in [0.29, 0.717) is 17.2 Å². The van der Waals surface area contributed by atoms with Crippen LogP contribution < -0.4 is 15.0 Å². The summed E-state index contributed by atoms with van der Waals surface area (Å²) in [5.74, 6) is 0.113. The average Bonchev–Trinajstić information content (AvgIpc) is 3.22. The molecule has 0 unspecified atom stereocenters. The lowest BCUT2D eigenvalue weighted by molar-refractivity contribution is -0.0501. The monoisotopic (exact) mass is 384 g/mol. The minimum Gasteiger partial charge on any atom is -0.434 e. The van der Waals surface area contributed by atoms with Crippen molar-refractivity contribution in [1.29, 1.82) is 0 Å². The van der Waals surface area contributed by atoms with Crippen molar-refractivity contribution in [1.82, 2.24) is 9.97 Å². The predicted molar refractivity (Wildman–Crippen MR) is 102 cm³/mol. The van der Waals surface area contributed by atoms with Crippen LogP contribution in [0.3, 0.4) is 0 Å². The molecule has 0 aliphatic carbocycles. The maximum absolute atomic E-state index is 12.8. The molecule has 2 heterocycles. The molecular weight excluding hydrogens is 366 g/mol. The van der Waals surface area contributed by atoms with Gasteiger partial charge in [-0.3, -0.25) is 4.79 Å². The zero-order valence-electron chi connectivity index (χ0n) is 14.9. The van der Waals surface area contributed by atoms with Crippen LogP contribution in [0.2, 0.25) is 0 Å². The molecule has 1 aliphatic rings. The lowest BCUT2D eigenvalue weighted by Crippen LogP contribution is -2.23. The molecule has 1 aliphatic heterocycles. The van der Waals surface area contributed by atoms with E-state index < -0.39 is 12.5 Å². The van der Waals surface area contributed by atoms with E-state index in [1.54, 1.807) is 12.1 Å². The van der Waals surface area contributed by atoms with Crippen molar-refractivity contribution in [2.45, 2.75) is 19.5 Å². The highest BCUT2D eigenvalue weighted by atomic mass is 19.3. The highest BCUT2D eigenvalue weighted by Crippen LogP contribution is 2.29. The zero-order valence-corrected chi connectivity index (χ0v) is 14.9. The third-order valence-corrected chi connectivity index (χ3v) is 4.54. The van der Waals surface area contributed by atoms with E-state index in [-0.39, 0.29) is 11.3 Å². The Morgan fingerprint density at radius 2 is 1.64 bits per heavy atom. The van der Waals surface area contributed by atoms with Crippen LogP contribution in [0.25, 0.3) is 11.0 Å². The molecule has 8 heteroatoms. The van der Waals surface area contributed by atoms with Gasteiger partial charge in [0.05, 0.1) is 16.6 Å². The SMILES string of the molecule is O=C(Nc1nc2ccccc2nc1N1CCCC1)c1ccccc1OC(F)F. The Bertz CT molecular complexity index is 1010. The van der Waals surface area contributed by atoms with Crippen LogP contribution in [-0.2, 0) is 0 Å². The van der Waals surface area contributed by atoms with E-state index in [0.717, 1.165) is 31.4 Å². The number of alkyl halides is 2. The summed E-state index contributed by atoms with van der Waals surface area (Å²) in [5.41, 5.74) is 1.37. The van der Waals surface area contributed by atoms with Crippen molar-refractivity contribution in [2.75, 3.05) is 23.3 Å². The largest absolute Gasteiger partial charge is 0.434 e. The van der Waals surface area contributed by atoms with Gasteiger partial charge in [0.2, 0.25) is 0 Å². The maximum Gasteiger partial charge on any atom is 0.387 e. The van der Waals surface area contributed by atoms with Gasteiger partial charge >= 0.3 is 6.61 Å². The molecule has 1 aromatic heterocycles. The molecule has 1 fully saturated rings. The molecule has 0 radical (unpaired) electrons. The third kappa shape index (κ3) is 3.71. The number of nitrogens with one attached hydrogen (secondary N) is 1. The standard InChI is InChI=1S/C20H18F2N4O2/c21-20(22)28-16-10-4-1-7-13(16)19(27)25-17-18(26-11-5-6-12-26)24-15-9-3-2-8-14(15)23-17/h1-4,7-10,20H,5-6,11-12H2,(H,23,25,27). The van der Waals surface area contributed by atoms with E-state index in [4.69, 9.17) is 0 Å². The minimum absolute atomic E-state index is 0.00475. The summed E-state index contributed by atoms with van der Waals surface area (Å²) in [6.07, 6.45) is 2.07. The molecule has 1 N–H and O–H groups in total. The van der Waals surface area contributed by atoms with Crippen LogP contribution in [0.15, 0.2) is 48.5 Å². The number of rotatable bonds is 5. The fourth-order valence-corrected chi connectivity index (χ4v) is 3.25. The summed E-state index contributed by atoms with van der Waals surface area (Å²) >= 11 is 0. The topological polar surface area (TPSA) is 67.4 Å². The van der Waals surface area contributed by atoms with E-state index in [1.165, 1.54) is 18.2 Å². The van der Waals surface area contributed by atoms with Crippen LogP contribution in [0.4, 0.5) is 20.4 Å². The molecule has 0 bridgehead atoms. The first kappa shape index (κ1) is 18.1. The molecule has 28 heavy (non-hydrogen) atoms. The Balaban J connectivity index is 1.71. The number of hydrogen-bond donors (Lipinski definition) is 1. The van der Waals surface area contributed by atoms with Crippen molar-refractivity contribution in [3.63, 3.8) is 0 Å². The lowest BCUT2D eigenvalue weighted by atomic mass is 10.2. The smallest absolute Gasteiger partial charge is 0.387 e. The number of fused-ring (bicyclic) bond motifs is 1. The molecule has 3 aromatic rings. The van der Waals surface area contributed by atoms with Crippen LogP contribution in [0, 0.1) is 0 Å². The Kier molecular flexibility index (Phi) is 5.01. The second-order valence-electron chi connectivity index (χ2n) is 6.41. The van der Waals surface area contributed by atoms with Crippen molar-refractivity contribution in [2.24, 2.45) is 0 Å². The molecule has 6 nitrogen and oxygen atoms in total. The fraction of sp³-hybridized carbons (Fsp3) is 0.250. The number of aromatic nitrogens is 2. The molecule has 144 valence electrons. The normalized spacial score (nSPS) is 13.9. The second-order valence-corrected chi connectivity index (χ2v) is 6.41. The van der Waals surface area contributed by atoms with Crippen LogP contribution >= 0.6 is 0 Å². The number of amides is 1. The summed E-state index contributed by atoms with van der Waals surface area (Å²) in [7, 11) is 0. The number of carbonyl (C=O) groups is 1. The summed E-state index contributed by atoms with van der Waals surface area (Å²) in [6.45, 7) is -1.38. The third-order valence-electron chi connectivity index (χ3n) is 4.54. The van der Waals surface area contributed by atoms with Gasteiger partial charge in [-0.25, -0.2) is 9.97 Å². The Labute approximate surface area is 160 Å². The minimum atomic E-state index is -3.02. The Morgan fingerprint density at radius 1 is 1.00 bits per heavy atom. The van der Waals surface area contributed by atoms with Gasteiger partial charge in [-0.05, 0) is 37.1 Å². The summed E-state index contributed by atoms with van der Waals surface area (Å²) < 4.78 is 29.8. The number of benzene rings is 2. The molecule has 0 spiro atoms. The quantitative estimate of drug-likeness (QED) is 0.718. The van der Waals surface area contributed by atoms with Crippen molar-refractivity contribution in [3.05, 3.63) is 54.1 Å². The fourth-order valence-electron chi connectivity index (χ4n) is 3.25. The Morgan fingerprint density at radius 3 is 2.36 bits per heavy atom. The molecule has 0 saturated carbocycles. The number of para-hydroxylation sites is 3. The maximum atomic E-state index is 12.8. The van der Waals surface area contributed by atoms with Crippen LogP contribution in [0.5, 0.6) is 5.75 Å². The lowest BCUT2D eigenvalue weighted by Gasteiger charge is -2.20. The zero-order chi connectivity index (χ0) is 19.5. The van der Waals surface area contributed by atoms with E-state index >= 15 is 0 Å². The molecule has 2 aromatic carbocycles. The van der Waals surface area contributed by atoms with Gasteiger partial charge in [-0.2, -0.15) is 8.78 Å². The highest BCUT2D eigenvalue weighted by molar-refractivity contribution is 6.07.